The first-order chi connectivity index (χ1) is 17.1. The molecule has 3 heterocycles. The number of aliphatic hydroxyl groups is 1. The predicted octanol–water partition coefficient (Wildman–Crippen LogP) is 4.40. The molecule has 0 spiro atoms. The second kappa shape index (κ2) is 8.94. The molecule has 0 amide bonds. The van der Waals surface area contributed by atoms with Crippen molar-refractivity contribution in [3.05, 3.63) is 88.5 Å². The van der Waals surface area contributed by atoms with Gasteiger partial charge in [-0.15, -0.1) is 11.6 Å². The molecule has 1 unspecified atom stereocenters. The van der Waals surface area contributed by atoms with Gasteiger partial charge in [0, 0.05) is 50.7 Å². The number of alkyl halides is 1. The van der Waals surface area contributed by atoms with Gasteiger partial charge >= 0.3 is 5.69 Å². The van der Waals surface area contributed by atoms with Crippen molar-refractivity contribution in [2.45, 2.75) is 36.7 Å². The number of para-hydroxylation sites is 1. The molecule has 0 bridgehead atoms. The van der Waals surface area contributed by atoms with Crippen molar-refractivity contribution in [2.24, 2.45) is 7.05 Å². The Kier molecular flexibility index (Phi) is 6.04. The van der Waals surface area contributed by atoms with E-state index in [2.05, 4.69) is 9.88 Å². The Morgan fingerprint density at radius 1 is 1.14 bits per heavy atom. The second-order valence-electron chi connectivity index (χ2n) is 9.81. The molecule has 1 saturated heterocycles. The minimum Gasteiger partial charge on any atom is -0.507 e. The van der Waals surface area contributed by atoms with Gasteiger partial charge in [-0.25, -0.2) is 14.2 Å². The number of aromatic hydroxyl groups is 1. The van der Waals surface area contributed by atoms with E-state index in [1.54, 1.807) is 49.8 Å². The topological polar surface area (TPSA) is 83.5 Å². The molecule has 1 fully saturated rings. The lowest BCUT2D eigenvalue weighted by Crippen LogP contribution is -2.43. The van der Waals surface area contributed by atoms with Crippen LogP contribution in [0.4, 0.5) is 10.2 Å². The van der Waals surface area contributed by atoms with E-state index in [-0.39, 0.29) is 17.9 Å². The van der Waals surface area contributed by atoms with E-state index in [1.807, 2.05) is 13.0 Å². The SMILES string of the molecule is Cn1ccn(C2=C(F)C=C(c3ccccc3O)CC2(Cl)c2ccnc(N3CCC(C)(O)CC3)c2)c1=O. The molecule has 5 rings (SSSR count). The fraction of sp³-hybridized carbons (Fsp3) is 0.333. The smallest absolute Gasteiger partial charge is 0.332 e. The van der Waals surface area contributed by atoms with Crippen LogP contribution in [0.3, 0.4) is 0 Å². The van der Waals surface area contributed by atoms with E-state index in [1.165, 1.54) is 21.4 Å². The van der Waals surface area contributed by atoms with Crippen molar-refractivity contribution in [3.8, 4) is 5.75 Å². The van der Waals surface area contributed by atoms with Gasteiger partial charge in [0.2, 0.25) is 0 Å². The van der Waals surface area contributed by atoms with E-state index in [9.17, 15) is 15.0 Å². The number of hydrogen-bond donors (Lipinski definition) is 2. The van der Waals surface area contributed by atoms with Crippen molar-refractivity contribution in [1.82, 2.24) is 14.1 Å². The number of phenols is 1. The van der Waals surface area contributed by atoms with Crippen LogP contribution in [0.15, 0.2) is 71.7 Å². The number of imidazole rings is 1. The number of nitrogens with zero attached hydrogens (tertiary/aromatic N) is 4. The van der Waals surface area contributed by atoms with Crippen LogP contribution in [0.5, 0.6) is 5.75 Å². The van der Waals surface area contributed by atoms with Crippen LogP contribution < -0.4 is 10.6 Å². The molecule has 1 aliphatic carbocycles. The van der Waals surface area contributed by atoms with Gasteiger partial charge in [0.05, 0.1) is 11.3 Å². The van der Waals surface area contributed by atoms with Crippen molar-refractivity contribution in [2.75, 3.05) is 18.0 Å². The fourth-order valence-corrected chi connectivity index (χ4v) is 5.40. The summed E-state index contributed by atoms with van der Waals surface area (Å²) in [5.41, 5.74) is 0.458. The van der Waals surface area contributed by atoms with E-state index in [0.29, 0.717) is 48.4 Å². The van der Waals surface area contributed by atoms with Gasteiger partial charge in [0.25, 0.3) is 0 Å². The van der Waals surface area contributed by atoms with Gasteiger partial charge in [0.15, 0.2) is 0 Å². The van der Waals surface area contributed by atoms with Gasteiger partial charge in [0.1, 0.15) is 22.3 Å². The minimum atomic E-state index is -1.46. The summed E-state index contributed by atoms with van der Waals surface area (Å²) in [5, 5.41) is 20.8. The number of aromatic nitrogens is 3. The number of benzene rings is 1. The molecule has 3 aromatic rings. The van der Waals surface area contributed by atoms with E-state index >= 15 is 4.39 Å². The first kappa shape index (κ1) is 24.3. The first-order valence-electron chi connectivity index (χ1n) is 11.9. The summed E-state index contributed by atoms with van der Waals surface area (Å²) < 4.78 is 18.5. The molecule has 36 heavy (non-hydrogen) atoms. The molecule has 7 nitrogen and oxygen atoms in total. The maximum Gasteiger partial charge on any atom is 0.332 e. The lowest BCUT2D eigenvalue weighted by Gasteiger charge is -2.38. The molecule has 2 aliphatic rings. The predicted molar refractivity (Wildman–Crippen MR) is 139 cm³/mol. The highest BCUT2D eigenvalue weighted by molar-refractivity contribution is 6.30. The molecular weight excluding hydrogens is 483 g/mol. The largest absolute Gasteiger partial charge is 0.507 e. The van der Waals surface area contributed by atoms with E-state index in [0.717, 1.165) is 0 Å². The normalized spacial score (nSPS) is 22.0. The Morgan fingerprint density at radius 3 is 2.53 bits per heavy atom. The van der Waals surface area contributed by atoms with Crippen LogP contribution in [-0.2, 0) is 11.9 Å². The number of hydrogen-bond acceptors (Lipinski definition) is 5. The third-order valence-corrected chi connectivity index (χ3v) is 7.67. The summed E-state index contributed by atoms with van der Waals surface area (Å²) >= 11 is 7.35. The molecule has 188 valence electrons. The maximum atomic E-state index is 15.9. The average Bonchev–Trinajstić information content (AvgIpc) is 3.17. The Bertz CT molecular complexity index is 1430. The highest BCUT2D eigenvalue weighted by atomic mass is 35.5. The van der Waals surface area contributed by atoms with Crippen LogP contribution in [0.25, 0.3) is 11.3 Å². The highest BCUT2D eigenvalue weighted by Crippen LogP contribution is 2.52. The summed E-state index contributed by atoms with van der Waals surface area (Å²) in [4.78, 5) is 18.0. The Morgan fingerprint density at radius 2 is 1.86 bits per heavy atom. The molecule has 0 saturated carbocycles. The zero-order valence-corrected chi connectivity index (χ0v) is 20.9. The Labute approximate surface area is 213 Å². The number of aryl methyl sites for hydroxylation is 1. The van der Waals surface area contributed by atoms with Crippen molar-refractivity contribution < 1.29 is 14.6 Å². The van der Waals surface area contributed by atoms with Crippen LogP contribution in [-0.4, -0.2) is 43.0 Å². The first-order valence-corrected chi connectivity index (χ1v) is 12.2. The third kappa shape index (κ3) is 4.24. The van der Waals surface area contributed by atoms with Gasteiger partial charge < -0.3 is 19.7 Å². The summed E-state index contributed by atoms with van der Waals surface area (Å²) in [6, 6.07) is 10.3. The zero-order valence-electron chi connectivity index (χ0n) is 20.2. The quantitative estimate of drug-likeness (QED) is 0.508. The lowest BCUT2D eigenvalue weighted by atomic mass is 9.81. The molecule has 1 aromatic carbocycles. The number of halogens is 2. The number of piperidine rings is 1. The number of anilines is 1. The van der Waals surface area contributed by atoms with Crippen LogP contribution in [0.2, 0.25) is 0 Å². The second-order valence-corrected chi connectivity index (χ2v) is 10.5. The summed E-state index contributed by atoms with van der Waals surface area (Å²) in [7, 11) is 1.59. The number of phenolic OH excluding ortho intramolecular Hbond substituents is 1. The molecule has 9 heteroatoms. The fourth-order valence-electron chi connectivity index (χ4n) is 4.96. The standard InChI is InChI=1S/C27H28ClFN4O3/c1-26(36)8-11-32(12-9-26)23-16-19(7-10-30-23)27(28)17-18(20-5-3-4-6-22(20)34)15-21(29)24(27)33-14-13-31(2)25(33)35/h3-7,10,13-16,34,36H,8-9,11-12,17H2,1-2H3. The van der Waals surface area contributed by atoms with E-state index in [4.69, 9.17) is 11.6 Å². The van der Waals surface area contributed by atoms with Crippen molar-refractivity contribution in [3.63, 3.8) is 0 Å². The van der Waals surface area contributed by atoms with Gasteiger partial charge in [-0.05, 0) is 55.2 Å². The minimum absolute atomic E-state index is 0.0201. The van der Waals surface area contributed by atoms with Gasteiger partial charge in [-0.2, -0.15) is 0 Å². The summed E-state index contributed by atoms with van der Waals surface area (Å²) in [6.07, 6.45) is 7.35. The highest BCUT2D eigenvalue weighted by Gasteiger charge is 2.43. The van der Waals surface area contributed by atoms with Gasteiger partial charge in [-0.1, -0.05) is 18.2 Å². The molecular formula is C27H28ClFN4O3. The van der Waals surface area contributed by atoms with Crippen LogP contribution >= 0.6 is 11.6 Å². The molecule has 2 aromatic heterocycles. The Balaban J connectivity index is 1.64. The van der Waals surface area contributed by atoms with Crippen molar-refractivity contribution in [1.29, 1.82) is 0 Å². The third-order valence-electron chi connectivity index (χ3n) is 7.14. The number of allylic oxidation sites excluding steroid dienone is 4. The average molecular weight is 511 g/mol. The molecule has 1 atom stereocenters. The van der Waals surface area contributed by atoms with Crippen LogP contribution in [0, 0.1) is 0 Å². The summed E-state index contributed by atoms with van der Waals surface area (Å²) in [6.45, 7) is 3.07. The van der Waals surface area contributed by atoms with Crippen LogP contribution in [0.1, 0.15) is 37.3 Å². The van der Waals surface area contributed by atoms with Gasteiger partial charge in [-0.3, -0.25) is 4.57 Å². The monoisotopic (exact) mass is 510 g/mol. The Hall–Kier alpha value is -3.36. The molecule has 0 radical (unpaired) electrons. The number of rotatable bonds is 4. The number of pyridine rings is 1. The van der Waals surface area contributed by atoms with Crippen molar-refractivity contribution >= 4 is 28.7 Å². The maximum absolute atomic E-state index is 15.9. The van der Waals surface area contributed by atoms with E-state index < -0.39 is 22.0 Å². The summed E-state index contributed by atoms with van der Waals surface area (Å²) in [5.74, 6) is 0.0312. The molecule has 2 N–H and O–H groups in total. The molecule has 1 aliphatic heterocycles. The lowest BCUT2D eigenvalue weighted by molar-refractivity contribution is 0.0350. The zero-order chi connectivity index (χ0) is 25.7.